The first-order valence-corrected chi connectivity index (χ1v) is 7.19. The van der Waals surface area contributed by atoms with Gasteiger partial charge in [-0.2, -0.15) is 0 Å². The van der Waals surface area contributed by atoms with E-state index in [0.717, 1.165) is 5.56 Å². The predicted octanol–water partition coefficient (Wildman–Crippen LogP) is 1.56. The summed E-state index contributed by atoms with van der Waals surface area (Å²) in [5.74, 6) is -0.455. The molecule has 1 unspecified atom stereocenters. The second kappa shape index (κ2) is 7.93. The molecule has 0 radical (unpaired) electrons. The van der Waals surface area contributed by atoms with Crippen molar-refractivity contribution >= 4 is 11.8 Å². The summed E-state index contributed by atoms with van der Waals surface area (Å²) in [5.41, 5.74) is 1.60. The molecule has 1 aromatic heterocycles. The Morgan fingerprint density at radius 3 is 2.59 bits per heavy atom. The molecule has 1 atom stereocenters. The van der Waals surface area contributed by atoms with Gasteiger partial charge in [0.05, 0.1) is 0 Å². The van der Waals surface area contributed by atoms with Crippen LogP contribution in [0.15, 0.2) is 54.9 Å². The summed E-state index contributed by atoms with van der Waals surface area (Å²) in [6.45, 7) is 2.18. The van der Waals surface area contributed by atoms with Crippen molar-refractivity contribution < 1.29 is 9.59 Å². The molecule has 0 fully saturated rings. The van der Waals surface area contributed by atoms with Crippen molar-refractivity contribution in [3.05, 3.63) is 66.0 Å². The molecular weight excluding hydrogens is 278 g/mol. The van der Waals surface area contributed by atoms with Gasteiger partial charge in [-0.15, -0.1) is 0 Å². The third kappa shape index (κ3) is 4.70. The van der Waals surface area contributed by atoms with Crippen LogP contribution in [0.5, 0.6) is 0 Å². The molecule has 0 aliphatic carbocycles. The van der Waals surface area contributed by atoms with Crippen LogP contribution in [0.2, 0.25) is 0 Å². The maximum atomic E-state index is 12.0. The van der Waals surface area contributed by atoms with E-state index in [1.165, 1.54) is 0 Å². The molecule has 0 spiro atoms. The van der Waals surface area contributed by atoms with E-state index < -0.39 is 6.04 Å². The summed E-state index contributed by atoms with van der Waals surface area (Å²) in [6, 6.07) is 12.1. The van der Waals surface area contributed by atoms with E-state index in [4.69, 9.17) is 0 Å². The van der Waals surface area contributed by atoms with Gasteiger partial charge in [-0.1, -0.05) is 24.3 Å². The van der Waals surface area contributed by atoms with Gasteiger partial charge in [-0.05, 0) is 37.1 Å². The molecule has 114 valence electrons. The van der Waals surface area contributed by atoms with Gasteiger partial charge in [0.25, 0.3) is 5.91 Å². The zero-order valence-corrected chi connectivity index (χ0v) is 12.5. The SMILES string of the molecule is CC(NC(=O)c1ccccc1)C(=O)NCCc1cccnc1. The number of hydrogen-bond donors (Lipinski definition) is 2. The van der Waals surface area contributed by atoms with Crippen LogP contribution in [-0.4, -0.2) is 29.4 Å². The normalized spacial score (nSPS) is 11.5. The molecule has 2 aromatic rings. The van der Waals surface area contributed by atoms with Crippen LogP contribution >= 0.6 is 0 Å². The second-order valence-electron chi connectivity index (χ2n) is 4.96. The van der Waals surface area contributed by atoms with Gasteiger partial charge in [0.15, 0.2) is 0 Å². The maximum absolute atomic E-state index is 12.0. The number of amides is 2. The monoisotopic (exact) mass is 297 g/mol. The average Bonchev–Trinajstić information content (AvgIpc) is 2.56. The first-order valence-electron chi connectivity index (χ1n) is 7.19. The van der Waals surface area contributed by atoms with Crippen LogP contribution in [0.3, 0.4) is 0 Å². The minimum atomic E-state index is -0.582. The Labute approximate surface area is 129 Å². The van der Waals surface area contributed by atoms with Gasteiger partial charge in [-0.25, -0.2) is 0 Å². The molecule has 0 saturated carbocycles. The minimum Gasteiger partial charge on any atom is -0.354 e. The Morgan fingerprint density at radius 2 is 1.91 bits per heavy atom. The lowest BCUT2D eigenvalue weighted by molar-refractivity contribution is -0.122. The third-order valence-electron chi connectivity index (χ3n) is 3.21. The number of carbonyl (C=O) groups excluding carboxylic acids is 2. The lowest BCUT2D eigenvalue weighted by atomic mass is 10.2. The largest absolute Gasteiger partial charge is 0.354 e. The number of hydrogen-bond acceptors (Lipinski definition) is 3. The van der Waals surface area contributed by atoms with Gasteiger partial charge in [0.1, 0.15) is 6.04 Å². The molecule has 5 heteroatoms. The molecule has 0 aliphatic heterocycles. The Bertz CT molecular complexity index is 614. The fourth-order valence-electron chi connectivity index (χ4n) is 1.96. The van der Waals surface area contributed by atoms with Crippen molar-refractivity contribution in [3.63, 3.8) is 0 Å². The summed E-state index contributed by atoms with van der Waals surface area (Å²) in [6.07, 6.45) is 4.19. The zero-order valence-electron chi connectivity index (χ0n) is 12.5. The lowest BCUT2D eigenvalue weighted by Crippen LogP contribution is -2.45. The highest BCUT2D eigenvalue weighted by Gasteiger charge is 2.15. The highest BCUT2D eigenvalue weighted by molar-refractivity contribution is 5.97. The van der Waals surface area contributed by atoms with Crippen molar-refractivity contribution in [1.29, 1.82) is 0 Å². The molecule has 5 nitrogen and oxygen atoms in total. The summed E-state index contributed by atoms with van der Waals surface area (Å²) in [5, 5.41) is 5.49. The summed E-state index contributed by atoms with van der Waals surface area (Å²) < 4.78 is 0. The number of nitrogens with one attached hydrogen (secondary N) is 2. The van der Waals surface area contributed by atoms with Gasteiger partial charge in [0, 0.05) is 24.5 Å². The zero-order chi connectivity index (χ0) is 15.8. The van der Waals surface area contributed by atoms with Gasteiger partial charge in [0.2, 0.25) is 5.91 Å². The topological polar surface area (TPSA) is 71.1 Å². The van der Waals surface area contributed by atoms with E-state index in [1.54, 1.807) is 43.6 Å². The van der Waals surface area contributed by atoms with Crippen LogP contribution in [-0.2, 0) is 11.2 Å². The molecule has 1 heterocycles. The molecule has 2 amide bonds. The molecule has 0 saturated heterocycles. The van der Waals surface area contributed by atoms with Crippen molar-refractivity contribution in [1.82, 2.24) is 15.6 Å². The average molecular weight is 297 g/mol. The van der Waals surface area contributed by atoms with Crippen LogP contribution in [0, 0.1) is 0 Å². The van der Waals surface area contributed by atoms with E-state index in [0.29, 0.717) is 18.5 Å². The summed E-state index contributed by atoms with van der Waals surface area (Å²) in [4.78, 5) is 27.9. The van der Waals surface area contributed by atoms with E-state index in [-0.39, 0.29) is 11.8 Å². The number of aromatic nitrogens is 1. The fourth-order valence-corrected chi connectivity index (χ4v) is 1.96. The molecule has 0 bridgehead atoms. The summed E-state index contributed by atoms with van der Waals surface area (Å²) >= 11 is 0. The van der Waals surface area contributed by atoms with Crippen molar-refractivity contribution in [2.45, 2.75) is 19.4 Å². The Balaban J connectivity index is 1.76. The third-order valence-corrected chi connectivity index (χ3v) is 3.21. The lowest BCUT2D eigenvalue weighted by Gasteiger charge is -2.14. The molecule has 2 N–H and O–H groups in total. The smallest absolute Gasteiger partial charge is 0.251 e. The van der Waals surface area contributed by atoms with E-state index in [9.17, 15) is 9.59 Å². The van der Waals surface area contributed by atoms with Crippen LogP contribution < -0.4 is 10.6 Å². The second-order valence-corrected chi connectivity index (χ2v) is 4.96. The summed E-state index contributed by atoms with van der Waals surface area (Å²) in [7, 11) is 0. The molecule has 2 rings (SSSR count). The van der Waals surface area contributed by atoms with E-state index in [1.807, 2.05) is 18.2 Å². The molecule has 1 aromatic carbocycles. The van der Waals surface area contributed by atoms with Gasteiger partial charge in [-0.3, -0.25) is 14.6 Å². The van der Waals surface area contributed by atoms with Gasteiger partial charge >= 0.3 is 0 Å². The number of pyridine rings is 1. The van der Waals surface area contributed by atoms with Crippen molar-refractivity contribution in [2.24, 2.45) is 0 Å². The molecule has 0 aliphatic rings. The number of rotatable bonds is 6. The number of nitrogens with zero attached hydrogens (tertiary/aromatic N) is 1. The van der Waals surface area contributed by atoms with Gasteiger partial charge < -0.3 is 10.6 Å². The molecular formula is C17H19N3O2. The Hall–Kier alpha value is -2.69. The highest BCUT2D eigenvalue weighted by atomic mass is 16.2. The highest BCUT2D eigenvalue weighted by Crippen LogP contribution is 1.99. The first-order chi connectivity index (χ1) is 10.7. The van der Waals surface area contributed by atoms with Crippen LogP contribution in [0.4, 0.5) is 0 Å². The van der Waals surface area contributed by atoms with Crippen molar-refractivity contribution in [2.75, 3.05) is 6.54 Å². The van der Waals surface area contributed by atoms with E-state index in [2.05, 4.69) is 15.6 Å². The number of carbonyl (C=O) groups is 2. The quantitative estimate of drug-likeness (QED) is 0.850. The maximum Gasteiger partial charge on any atom is 0.251 e. The van der Waals surface area contributed by atoms with Crippen LogP contribution in [0.25, 0.3) is 0 Å². The van der Waals surface area contributed by atoms with Crippen molar-refractivity contribution in [3.8, 4) is 0 Å². The number of benzene rings is 1. The van der Waals surface area contributed by atoms with E-state index >= 15 is 0 Å². The standard InChI is InChI=1S/C17H19N3O2/c1-13(20-17(22)15-7-3-2-4-8-15)16(21)19-11-9-14-6-5-10-18-12-14/h2-8,10,12-13H,9,11H2,1H3,(H,19,21)(H,20,22). The first kappa shape index (κ1) is 15.7. The Morgan fingerprint density at radius 1 is 1.14 bits per heavy atom. The minimum absolute atomic E-state index is 0.201. The predicted molar refractivity (Wildman–Crippen MR) is 84.3 cm³/mol. The van der Waals surface area contributed by atoms with Crippen LogP contribution in [0.1, 0.15) is 22.8 Å². The fraction of sp³-hybridized carbons (Fsp3) is 0.235. The Kier molecular flexibility index (Phi) is 5.65. The molecule has 22 heavy (non-hydrogen) atoms.